The highest BCUT2D eigenvalue weighted by Crippen LogP contribution is 2.25. The van der Waals surface area contributed by atoms with Gasteiger partial charge in [-0.05, 0) is 28.4 Å². The highest BCUT2D eigenvalue weighted by Gasteiger charge is 2.13. The first-order valence-electron chi connectivity index (χ1n) is 4.22. The molecule has 14 heavy (non-hydrogen) atoms. The first kappa shape index (κ1) is 11.2. The molecule has 0 aliphatic carbocycles. The van der Waals surface area contributed by atoms with Crippen LogP contribution < -0.4 is 0 Å². The van der Waals surface area contributed by atoms with Crippen molar-refractivity contribution in [2.45, 2.75) is 18.9 Å². The molecule has 1 unspecified atom stereocenters. The van der Waals surface area contributed by atoms with E-state index in [0.717, 1.165) is 0 Å². The van der Waals surface area contributed by atoms with E-state index in [1.54, 1.807) is 18.2 Å². The molecule has 1 aromatic rings. The maximum absolute atomic E-state index is 13.4. The summed E-state index contributed by atoms with van der Waals surface area (Å²) in [5, 5.41) is 9.60. The topological polar surface area (TPSA) is 20.2 Å². The fraction of sp³-hybridized carbons (Fsp3) is 0.273. The van der Waals surface area contributed by atoms with Crippen molar-refractivity contribution in [1.82, 2.24) is 0 Å². The molecule has 1 atom stereocenters. The second-order valence-corrected chi connectivity index (χ2v) is 3.76. The van der Waals surface area contributed by atoms with Crippen LogP contribution in [0.25, 0.3) is 0 Å². The highest BCUT2D eigenvalue weighted by atomic mass is 79.9. The molecule has 0 amide bonds. The van der Waals surface area contributed by atoms with Crippen molar-refractivity contribution in [3.63, 3.8) is 0 Å². The zero-order valence-corrected chi connectivity index (χ0v) is 9.09. The molecule has 1 nitrogen and oxygen atoms in total. The van der Waals surface area contributed by atoms with Gasteiger partial charge < -0.3 is 5.11 Å². The van der Waals surface area contributed by atoms with E-state index in [4.69, 9.17) is 6.42 Å². The average molecular weight is 257 g/mol. The molecule has 1 aromatic carbocycles. The molecule has 0 aromatic heterocycles. The maximum Gasteiger partial charge on any atom is 0.143 e. The first-order chi connectivity index (χ1) is 6.66. The van der Waals surface area contributed by atoms with Crippen molar-refractivity contribution >= 4 is 15.9 Å². The number of rotatable bonds is 3. The third-order valence-electron chi connectivity index (χ3n) is 1.90. The van der Waals surface area contributed by atoms with Crippen LogP contribution in [0.3, 0.4) is 0 Å². The first-order valence-corrected chi connectivity index (χ1v) is 5.01. The molecule has 0 saturated heterocycles. The standard InChI is InChI=1S/C11H10BrFO/c1-2-3-7-10(14)8-5-4-6-9(12)11(8)13/h1,4-6,10,14H,3,7H2. The molecular formula is C11H10BrFO. The quantitative estimate of drug-likeness (QED) is 0.825. The van der Waals surface area contributed by atoms with Gasteiger partial charge in [-0.15, -0.1) is 12.3 Å². The lowest BCUT2D eigenvalue weighted by Crippen LogP contribution is -2.00. The van der Waals surface area contributed by atoms with Gasteiger partial charge in [0, 0.05) is 12.0 Å². The summed E-state index contributed by atoms with van der Waals surface area (Å²) in [5.74, 6) is 1.99. The van der Waals surface area contributed by atoms with Crippen molar-refractivity contribution in [2.75, 3.05) is 0 Å². The van der Waals surface area contributed by atoms with E-state index < -0.39 is 11.9 Å². The average Bonchev–Trinajstić information content (AvgIpc) is 2.18. The summed E-state index contributed by atoms with van der Waals surface area (Å²) in [6.45, 7) is 0. The summed E-state index contributed by atoms with van der Waals surface area (Å²) in [6, 6.07) is 4.83. The van der Waals surface area contributed by atoms with E-state index in [1.165, 1.54) is 0 Å². The fourth-order valence-corrected chi connectivity index (χ4v) is 1.53. The molecule has 0 heterocycles. The summed E-state index contributed by atoms with van der Waals surface area (Å²) in [4.78, 5) is 0. The molecular weight excluding hydrogens is 247 g/mol. The lowest BCUT2D eigenvalue weighted by molar-refractivity contribution is 0.164. The van der Waals surface area contributed by atoms with Crippen molar-refractivity contribution in [3.05, 3.63) is 34.1 Å². The summed E-state index contributed by atoms with van der Waals surface area (Å²) in [6.07, 6.45) is 5.05. The normalized spacial score (nSPS) is 12.1. The molecule has 0 fully saturated rings. The van der Waals surface area contributed by atoms with Crippen LogP contribution in [-0.4, -0.2) is 5.11 Å². The highest BCUT2D eigenvalue weighted by molar-refractivity contribution is 9.10. The third-order valence-corrected chi connectivity index (χ3v) is 2.52. The largest absolute Gasteiger partial charge is 0.388 e. The molecule has 74 valence electrons. The number of hydrogen-bond donors (Lipinski definition) is 1. The Morgan fingerprint density at radius 1 is 1.57 bits per heavy atom. The zero-order chi connectivity index (χ0) is 10.6. The molecule has 0 spiro atoms. The van der Waals surface area contributed by atoms with Crippen LogP contribution >= 0.6 is 15.9 Å². The smallest absolute Gasteiger partial charge is 0.143 e. The van der Waals surface area contributed by atoms with Crippen LogP contribution in [0.4, 0.5) is 4.39 Å². The van der Waals surface area contributed by atoms with Gasteiger partial charge >= 0.3 is 0 Å². The van der Waals surface area contributed by atoms with Crippen LogP contribution in [0, 0.1) is 18.2 Å². The van der Waals surface area contributed by atoms with Crippen LogP contribution in [0.15, 0.2) is 22.7 Å². The number of aliphatic hydroxyl groups is 1. The molecule has 0 aliphatic heterocycles. The summed E-state index contributed by atoms with van der Waals surface area (Å²) in [7, 11) is 0. The number of aliphatic hydroxyl groups excluding tert-OH is 1. The molecule has 1 rings (SSSR count). The molecule has 0 bridgehead atoms. The second kappa shape index (κ2) is 5.14. The third kappa shape index (κ3) is 2.57. The van der Waals surface area contributed by atoms with Gasteiger partial charge in [-0.25, -0.2) is 4.39 Å². The Kier molecular flexibility index (Phi) is 4.12. The van der Waals surface area contributed by atoms with Gasteiger partial charge in [0.15, 0.2) is 0 Å². The minimum atomic E-state index is -0.830. The Morgan fingerprint density at radius 3 is 2.93 bits per heavy atom. The molecule has 0 saturated carbocycles. The Hall–Kier alpha value is -0.850. The van der Waals surface area contributed by atoms with Crippen molar-refractivity contribution in [2.24, 2.45) is 0 Å². The van der Waals surface area contributed by atoms with E-state index in [1.807, 2.05) is 0 Å². The van der Waals surface area contributed by atoms with Gasteiger partial charge in [-0.3, -0.25) is 0 Å². The Bertz CT molecular complexity index is 357. The maximum atomic E-state index is 13.4. The number of hydrogen-bond acceptors (Lipinski definition) is 1. The SMILES string of the molecule is C#CCCC(O)c1cccc(Br)c1F. The molecule has 0 radical (unpaired) electrons. The number of benzene rings is 1. The Labute approximate surface area is 91.1 Å². The number of terminal acetylenes is 1. The Morgan fingerprint density at radius 2 is 2.29 bits per heavy atom. The summed E-state index contributed by atoms with van der Waals surface area (Å²) >= 11 is 3.06. The lowest BCUT2D eigenvalue weighted by Gasteiger charge is -2.10. The van der Waals surface area contributed by atoms with Gasteiger partial charge in [-0.1, -0.05) is 12.1 Å². The van der Waals surface area contributed by atoms with Gasteiger partial charge in [0.05, 0.1) is 10.6 Å². The van der Waals surface area contributed by atoms with Crippen molar-refractivity contribution in [1.29, 1.82) is 0 Å². The minimum Gasteiger partial charge on any atom is -0.388 e. The second-order valence-electron chi connectivity index (χ2n) is 2.90. The van der Waals surface area contributed by atoms with Crippen LogP contribution in [0.5, 0.6) is 0 Å². The van der Waals surface area contributed by atoms with E-state index in [9.17, 15) is 9.50 Å². The van der Waals surface area contributed by atoms with Gasteiger partial charge in [0.1, 0.15) is 5.82 Å². The van der Waals surface area contributed by atoms with Crippen LogP contribution in [0.1, 0.15) is 24.5 Å². The Balaban J connectivity index is 2.85. The van der Waals surface area contributed by atoms with Gasteiger partial charge in [-0.2, -0.15) is 0 Å². The van der Waals surface area contributed by atoms with E-state index in [0.29, 0.717) is 17.3 Å². The van der Waals surface area contributed by atoms with E-state index in [-0.39, 0.29) is 5.56 Å². The van der Waals surface area contributed by atoms with E-state index in [2.05, 4.69) is 21.9 Å². The van der Waals surface area contributed by atoms with Crippen molar-refractivity contribution in [3.8, 4) is 12.3 Å². The number of halogens is 2. The predicted molar refractivity (Wildman–Crippen MR) is 57.1 cm³/mol. The molecule has 3 heteroatoms. The fourth-order valence-electron chi connectivity index (χ4n) is 1.15. The molecule has 0 aliphatic rings. The molecule has 1 N–H and O–H groups in total. The summed E-state index contributed by atoms with van der Waals surface area (Å²) in [5.41, 5.74) is 0.287. The predicted octanol–water partition coefficient (Wildman–Crippen LogP) is 3.04. The summed E-state index contributed by atoms with van der Waals surface area (Å²) < 4.78 is 13.8. The van der Waals surface area contributed by atoms with Gasteiger partial charge in [0.25, 0.3) is 0 Å². The minimum absolute atomic E-state index is 0.287. The van der Waals surface area contributed by atoms with E-state index >= 15 is 0 Å². The monoisotopic (exact) mass is 256 g/mol. The lowest BCUT2D eigenvalue weighted by atomic mass is 10.0. The van der Waals surface area contributed by atoms with Crippen LogP contribution in [-0.2, 0) is 0 Å². The van der Waals surface area contributed by atoms with Gasteiger partial charge in [0.2, 0.25) is 0 Å². The van der Waals surface area contributed by atoms with Crippen molar-refractivity contribution < 1.29 is 9.50 Å². The van der Waals surface area contributed by atoms with Crippen LogP contribution in [0.2, 0.25) is 0 Å². The zero-order valence-electron chi connectivity index (χ0n) is 7.50.